The molecule has 20 heavy (non-hydrogen) atoms. The van der Waals surface area contributed by atoms with Gasteiger partial charge in [0.2, 0.25) is 0 Å². The third-order valence-electron chi connectivity index (χ3n) is 3.48. The van der Waals surface area contributed by atoms with Crippen LogP contribution in [-0.4, -0.2) is 31.7 Å². The molecular weight excluding hydrogens is 272 g/mol. The largest absolute Gasteiger partial charge is 0.481 e. The summed E-state index contributed by atoms with van der Waals surface area (Å²) in [7, 11) is -1.26. The van der Waals surface area contributed by atoms with E-state index in [-0.39, 0.29) is 12.0 Å². The molecule has 0 aliphatic carbocycles. The Balaban J connectivity index is 4.20. The summed E-state index contributed by atoms with van der Waals surface area (Å²) >= 11 is 0. The van der Waals surface area contributed by atoms with Crippen molar-refractivity contribution in [2.45, 2.75) is 64.2 Å². The van der Waals surface area contributed by atoms with Gasteiger partial charge in [-0.3, -0.25) is 4.79 Å². The molecule has 1 unspecified atom stereocenters. The quantitative estimate of drug-likeness (QED) is 0.378. The first-order valence-corrected chi connectivity index (χ1v) is 10.8. The van der Waals surface area contributed by atoms with Crippen molar-refractivity contribution in [2.75, 3.05) is 6.61 Å². The maximum absolute atomic E-state index is 11.5. The maximum Gasteiger partial charge on any atom is 0.333 e. The summed E-state index contributed by atoms with van der Waals surface area (Å²) in [5.74, 6) is -1.65. The number of aliphatic carboxylic acids is 1. The van der Waals surface area contributed by atoms with Crippen molar-refractivity contribution in [3.63, 3.8) is 0 Å². The zero-order valence-electron chi connectivity index (χ0n) is 13.2. The number of carbonyl (C=O) groups excluding carboxylic acids is 1. The SMILES string of the molecule is C=C(CC(=O)O)C(=O)OCCC(CCCC)[Si](C)(C)C. The lowest BCUT2D eigenvalue weighted by Crippen LogP contribution is -2.29. The van der Waals surface area contributed by atoms with E-state index in [9.17, 15) is 9.59 Å². The Labute approximate surface area is 123 Å². The number of hydrogen-bond donors (Lipinski definition) is 1. The zero-order chi connectivity index (χ0) is 15.8. The summed E-state index contributed by atoms with van der Waals surface area (Å²) in [4.78, 5) is 22.0. The van der Waals surface area contributed by atoms with Gasteiger partial charge in [0.05, 0.1) is 13.0 Å². The zero-order valence-corrected chi connectivity index (χ0v) is 14.2. The molecule has 5 heteroatoms. The molecule has 0 aliphatic heterocycles. The highest BCUT2D eigenvalue weighted by Crippen LogP contribution is 2.30. The Morgan fingerprint density at radius 3 is 2.30 bits per heavy atom. The second-order valence-corrected chi connectivity index (χ2v) is 11.9. The Kier molecular flexibility index (Phi) is 8.45. The molecule has 0 saturated heterocycles. The molecule has 0 aliphatic rings. The smallest absolute Gasteiger partial charge is 0.333 e. The summed E-state index contributed by atoms with van der Waals surface area (Å²) < 4.78 is 5.13. The number of hydrogen-bond acceptors (Lipinski definition) is 3. The molecule has 0 heterocycles. The Bertz CT molecular complexity index is 344. The second-order valence-electron chi connectivity index (χ2n) is 6.30. The first kappa shape index (κ1) is 18.9. The number of carboxylic acid groups (broad SMARTS) is 1. The van der Waals surface area contributed by atoms with Crippen molar-refractivity contribution < 1.29 is 19.4 Å². The minimum atomic E-state index is -1.26. The van der Waals surface area contributed by atoms with Crippen molar-refractivity contribution in [1.82, 2.24) is 0 Å². The van der Waals surface area contributed by atoms with Gasteiger partial charge in [0.15, 0.2) is 0 Å². The summed E-state index contributed by atoms with van der Waals surface area (Å²) in [5.41, 5.74) is 0.638. The minimum absolute atomic E-state index is 0.00983. The molecule has 0 fully saturated rings. The van der Waals surface area contributed by atoms with Crippen LogP contribution >= 0.6 is 0 Å². The molecule has 1 atom stereocenters. The van der Waals surface area contributed by atoms with E-state index in [1.54, 1.807) is 0 Å². The highest BCUT2D eigenvalue weighted by molar-refractivity contribution is 6.77. The third-order valence-corrected chi connectivity index (χ3v) is 6.51. The van der Waals surface area contributed by atoms with Gasteiger partial charge in [-0.1, -0.05) is 52.4 Å². The van der Waals surface area contributed by atoms with Crippen molar-refractivity contribution in [2.24, 2.45) is 0 Å². The fourth-order valence-electron chi connectivity index (χ4n) is 2.11. The van der Waals surface area contributed by atoms with Crippen molar-refractivity contribution in [3.05, 3.63) is 12.2 Å². The van der Waals surface area contributed by atoms with Gasteiger partial charge in [0.25, 0.3) is 0 Å². The van der Waals surface area contributed by atoms with E-state index in [2.05, 4.69) is 33.1 Å². The molecule has 1 N–H and O–H groups in total. The summed E-state index contributed by atoms with van der Waals surface area (Å²) in [6.07, 6.45) is 4.07. The number of carbonyl (C=O) groups is 2. The molecule has 4 nitrogen and oxygen atoms in total. The van der Waals surface area contributed by atoms with E-state index >= 15 is 0 Å². The highest BCUT2D eigenvalue weighted by Gasteiger charge is 2.26. The molecular formula is C15H28O4Si. The van der Waals surface area contributed by atoms with Gasteiger partial charge in [0.1, 0.15) is 0 Å². The van der Waals surface area contributed by atoms with E-state index < -0.39 is 20.0 Å². The lowest BCUT2D eigenvalue weighted by atomic mass is 10.1. The predicted octanol–water partition coefficient (Wildman–Crippen LogP) is 3.85. The fourth-order valence-corrected chi connectivity index (χ4v) is 4.17. The molecule has 116 valence electrons. The first-order valence-electron chi connectivity index (χ1n) is 7.25. The van der Waals surface area contributed by atoms with Gasteiger partial charge in [-0.05, 0) is 12.0 Å². The maximum atomic E-state index is 11.5. The van der Waals surface area contributed by atoms with Crippen LogP contribution in [0.5, 0.6) is 0 Å². The van der Waals surface area contributed by atoms with Gasteiger partial charge in [-0.15, -0.1) is 0 Å². The standard InChI is InChI=1S/C15H28O4Si/c1-6-7-8-13(20(3,4)5)9-10-19-15(18)12(2)11-14(16)17/h13H,2,6-11H2,1,3-5H3,(H,16,17). The van der Waals surface area contributed by atoms with Crippen LogP contribution in [0.15, 0.2) is 12.2 Å². The molecule has 0 aromatic heterocycles. The Morgan fingerprint density at radius 1 is 1.25 bits per heavy atom. The molecule has 0 aromatic rings. The van der Waals surface area contributed by atoms with Gasteiger partial charge < -0.3 is 9.84 Å². The van der Waals surface area contributed by atoms with Crippen LogP contribution in [0.25, 0.3) is 0 Å². The van der Waals surface area contributed by atoms with Crippen LogP contribution in [0.2, 0.25) is 25.2 Å². The van der Waals surface area contributed by atoms with Gasteiger partial charge in [0, 0.05) is 13.6 Å². The van der Waals surface area contributed by atoms with Crippen LogP contribution < -0.4 is 0 Å². The molecule has 0 saturated carbocycles. The van der Waals surface area contributed by atoms with Crippen molar-refractivity contribution in [1.29, 1.82) is 0 Å². The molecule has 0 amide bonds. The average molecular weight is 300 g/mol. The Morgan fingerprint density at radius 2 is 1.85 bits per heavy atom. The summed E-state index contributed by atoms with van der Waals surface area (Å²) in [6, 6.07) is 0. The molecule has 0 rings (SSSR count). The van der Waals surface area contributed by atoms with E-state index in [0.29, 0.717) is 12.1 Å². The third kappa shape index (κ3) is 8.14. The molecule has 0 radical (unpaired) electrons. The van der Waals surface area contributed by atoms with Crippen LogP contribution in [0, 0.1) is 0 Å². The number of carboxylic acids is 1. The van der Waals surface area contributed by atoms with Gasteiger partial charge in [-0.2, -0.15) is 0 Å². The van der Waals surface area contributed by atoms with E-state index in [1.807, 2.05) is 0 Å². The number of ether oxygens (including phenoxy) is 1. The van der Waals surface area contributed by atoms with Crippen molar-refractivity contribution in [3.8, 4) is 0 Å². The lowest BCUT2D eigenvalue weighted by Gasteiger charge is -2.28. The van der Waals surface area contributed by atoms with E-state index in [0.717, 1.165) is 6.42 Å². The topological polar surface area (TPSA) is 63.6 Å². The van der Waals surface area contributed by atoms with Gasteiger partial charge in [-0.25, -0.2) is 4.79 Å². The summed E-state index contributed by atoms with van der Waals surface area (Å²) in [6.45, 7) is 13.0. The number of unbranched alkanes of at least 4 members (excludes halogenated alkanes) is 1. The van der Waals surface area contributed by atoms with Crippen molar-refractivity contribution >= 4 is 20.0 Å². The van der Waals surface area contributed by atoms with Crippen LogP contribution in [-0.2, 0) is 14.3 Å². The number of esters is 1. The molecule has 0 bridgehead atoms. The predicted molar refractivity (Wildman–Crippen MR) is 83.6 cm³/mol. The van der Waals surface area contributed by atoms with Gasteiger partial charge >= 0.3 is 11.9 Å². The molecule has 0 aromatic carbocycles. The Hall–Kier alpha value is -1.10. The summed E-state index contributed by atoms with van der Waals surface area (Å²) in [5, 5.41) is 8.59. The highest BCUT2D eigenvalue weighted by atomic mass is 28.3. The minimum Gasteiger partial charge on any atom is -0.481 e. The number of rotatable bonds is 10. The van der Waals surface area contributed by atoms with E-state index in [1.165, 1.54) is 19.3 Å². The fraction of sp³-hybridized carbons (Fsp3) is 0.733. The van der Waals surface area contributed by atoms with Crippen LogP contribution in [0.3, 0.4) is 0 Å². The van der Waals surface area contributed by atoms with Crippen LogP contribution in [0.4, 0.5) is 0 Å². The second kappa shape index (κ2) is 8.95. The molecule has 0 spiro atoms. The van der Waals surface area contributed by atoms with E-state index in [4.69, 9.17) is 9.84 Å². The average Bonchev–Trinajstić information content (AvgIpc) is 2.30. The first-order chi connectivity index (χ1) is 9.18. The lowest BCUT2D eigenvalue weighted by molar-refractivity contribution is -0.142. The van der Waals surface area contributed by atoms with Crippen LogP contribution in [0.1, 0.15) is 39.0 Å². The monoisotopic (exact) mass is 300 g/mol. The normalized spacial score (nSPS) is 12.8.